The van der Waals surface area contributed by atoms with Crippen molar-refractivity contribution in [1.29, 1.82) is 0 Å². The molecule has 0 aliphatic heterocycles. The number of pyridine rings is 1. The third-order valence-corrected chi connectivity index (χ3v) is 5.09. The van der Waals surface area contributed by atoms with Crippen LogP contribution in [0, 0.1) is 0 Å². The average Bonchev–Trinajstić information content (AvgIpc) is 3.31. The maximum absolute atomic E-state index is 12.0. The van der Waals surface area contributed by atoms with Gasteiger partial charge in [0, 0.05) is 40.0 Å². The minimum atomic E-state index is -2.30. The second-order valence-corrected chi connectivity index (χ2v) is 9.57. The van der Waals surface area contributed by atoms with Crippen LogP contribution in [-0.2, 0) is 9.73 Å². The summed E-state index contributed by atoms with van der Waals surface area (Å²) in [5.74, 6) is 1.40. The maximum Gasteiger partial charge on any atom is 0.224 e. The highest BCUT2D eigenvalue weighted by Gasteiger charge is 2.33. The maximum atomic E-state index is 12.0. The van der Waals surface area contributed by atoms with Crippen LogP contribution >= 0.6 is 23.2 Å². The van der Waals surface area contributed by atoms with Gasteiger partial charge in [0.2, 0.25) is 5.28 Å². The topological polar surface area (TPSA) is 73.0 Å². The van der Waals surface area contributed by atoms with Crippen molar-refractivity contribution in [1.82, 2.24) is 19.5 Å². The van der Waals surface area contributed by atoms with Crippen LogP contribution in [0.3, 0.4) is 0 Å². The molecule has 1 fully saturated rings. The minimum Gasteiger partial charge on any atom is -0.280 e. The lowest BCUT2D eigenvalue weighted by molar-refractivity contribution is 0.684. The molecule has 3 aromatic rings. The number of hydrogen-bond acceptors (Lipinski definition) is 5. The van der Waals surface area contributed by atoms with Crippen molar-refractivity contribution in [3.8, 4) is 5.82 Å². The molecule has 130 valence electrons. The van der Waals surface area contributed by atoms with E-state index in [1.807, 2.05) is 16.7 Å². The molecule has 6 nitrogen and oxygen atoms in total. The molecule has 0 amide bonds. The Kier molecular flexibility index (Phi) is 3.97. The molecule has 0 unspecified atom stereocenters. The first-order valence-electron chi connectivity index (χ1n) is 7.70. The van der Waals surface area contributed by atoms with Gasteiger partial charge in [-0.3, -0.25) is 4.57 Å². The molecule has 0 aromatic carbocycles. The molecular formula is C16H15Cl2N5OS. The van der Waals surface area contributed by atoms with E-state index < -0.39 is 9.73 Å². The van der Waals surface area contributed by atoms with E-state index in [0.717, 1.165) is 23.9 Å². The van der Waals surface area contributed by atoms with Crippen LogP contribution < -0.4 is 0 Å². The van der Waals surface area contributed by atoms with Crippen LogP contribution in [0.4, 0.5) is 5.82 Å². The Labute approximate surface area is 155 Å². The summed E-state index contributed by atoms with van der Waals surface area (Å²) in [5, 5.41) is 1.52. The summed E-state index contributed by atoms with van der Waals surface area (Å²) in [4.78, 5) is 12.9. The number of nitrogens with zero attached hydrogens (tertiary/aromatic N) is 5. The zero-order valence-corrected chi connectivity index (χ0v) is 15.9. The average molecular weight is 396 g/mol. The summed E-state index contributed by atoms with van der Waals surface area (Å²) in [6.45, 7) is 0. The molecule has 0 bridgehead atoms. The Morgan fingerprint density at radius 3 is 2.68 bits per heavy atom. The van der Waals surface area contributed by atoms with E-state index in [4.69, 9.17) is 23.2 Å². The van der Waals surface area contributed by atoms with Gasteiger partial charge < -0.3 is 0 Å². The van der Waals surface area contributed by atoms with Crippen LogP contribution in [0.5, 0.6) is 0 Å². The fraction of sp³-hybridized carbons (Fsp3) is 0.312. The molecule has 0 atom stereocenters. The van der Waals surface area contributed by atoms with E-state index in [1.54, 1.807) is 24.8 Å². The van der Waals surface area contributed by atoms with E-state index in [1.165, 1.54) is 0 Å². The quantitative estimate of drug-likeness (QED) is 0.617. The van der Waals surface area contributed by atoms with Crippen molar-refractivity contribution in [2.75, 3.05) is 12.5 Å². The fourth-order valence-electron chi connectivity index (χ4n) is 2.79. The Morgan fingerprint density at radius 1 is 1.24 bits per heavy atom. The molecule has 3 aromatic heterocycles. The zero-order chi connectivity index (χ0) is 17.8. The Bertz CT molecular complexity index is 1110. The highest BCUT2D eigenvalue weighted by molar-refractivity contribution is 7.92. The van der Waals surface area contributed by atoms with Gasteiger partial charge in [0.1, 0.15) is 5.82 Å². The number of aromatic nitrogens is 4. The Morgan fingerprint density at radius 2 is 2.00 bits per heavy atom. The first kappa shape index (κ1) is 16.8. The Hall–Kier alpha value is -1.70. The van der Waals surface area contributed by atoms with Crippen molar-refractivity contribution in [2.24, 2.45) is 4.36 Å². The van der Waals surface area contributed by atoms with E-state index in [-0.39, 0.29) is 5.28 Å². The fourth-order valence-corrected chi connectivity index (χ4v) is 3.84. The molecule has 0 saturated heterocycles. The molecule has 0 N–H and O–H groups in total. The first-order valence-corrected chi connectivity index (χ1v) is 10.8. The van der Waals surface area contributed by atoms with E-state index in [2.05, 4.69) is 19.3 Å². The van der Waals surface area contributed by atoms with E-state index in [9.17, 15) is 4.21 Å². The smallest absolute Gasteiger partial charge is 0.224 e. The zero-order valence-electron chi connectivity index (χ0n) is 13.6. The predicted molar refractivity (Wildman–Crippen MR) is 101 cm³/mol. The third kappa shape index (κ3) is 3.23. The van der Waals surface area contributed by atoms with Gasteiger partial charge in [0.15, 0.2) is 11.5 Å². The second-order valence-electron chi connectivity index (χ2n) is 6.31. The first-order chi connectivity index (χ1) is 11.8. The lowest BCUT2D eigenvalue weighted by Crippen LogP contribution is -2.03. The normalized spacial score (nSPS) is 14.9. The molecule has 4 rings (SSSR count). The number of rotatable bonds is 3. The van der Waals surface area contributed by atoms with Gasteiger partial charge in [0.05, 0.1) is 10.4 Å². The molecular weight excluding hydrogens is 381 g/mol. The second kappa shape index (κ2) is 5.93. The van der Waals surface area contributed by atoms with Gasteiger partial charge in [-0.2, -0.15) is 9.35 Å². The summed E-state index contributed by atoms with van der Waals surface area (Å²) in [6, 6.07) is 5.40. The highest BCUT2D eigenvalue weighted by Crippen LogP contribution is 2.47. The summed E-state index contributed by atoms with van der Waals surface area (Å²) in [6.07, 6.45) is 6.92. The molecule has 0 spiro atoms. The monoisotopic (exact) mass is 395 g/mol. The lowest BCUT2D eigenvalue weighted by Gasteiger charge is -2.09. The summed E-state index contributed by atoms with van der Waals surface area (Å²) >= 11 is 12.6. The van der Waals surface area contributed by atoms with Crippen molar-refractivity contribution in [3.63, 3.8) is 0 Å². The summed E-state index contributed by atoms with van der Waals surface area (Å²) in [5.41, 5.74) is 1.58. The van der Waals surface area contributed by atoms with Crippen molar-refractivity contribution < 1.29 is 4.21 Å². The standard InChI is InChI=1S/C16H15Cl2N5OS/c1-25(2,24)22-11-4-3-5-12(20-11)23-14(9-6-7-9)13(17)10-8-19-16(18)21-15(10)23/h3-5,8-9H,6-7H2,1-2H3. The Balaban J connectivity index is 2.01. The lowest BCUT2D eigenvalue weighted by atomic mass is 10.2. The van der Waals surface area contributed by atoms with Crippen LogP contribution in [0.2, 0.25) is 10.3 Å². The van der Waals surface area contributed by atoms with Crippen LogP contribution in [0.15, 0.2) is 28.8 Å². The molecule has 25 heavy (non-hydrogen) atoms. The van der Waals surface area contributed by atoms with Crippen LogP contribution in [0.1, 0.15) is 24.5 Å². The number of halogens is 2. The van der Waals surface area contributed by atoms with Gasteiger partial charge in [-0.15, -0.1) is 0 Å². The molecule has 9 heteroatoms. The highest BCUT2D eigenvalue weighted by atomic mass is 35.5. The third-order valence-electron chi connectivity index (χ3n) is 3.88. The van der Waals surface area contributed by atoms with Crippen molar-refractivity contribution in [3.05, 3.63) is 40.4 Å². The largest absolute Gasteiger partial charge is 0.280 e. The van der Waals surface area contributed by atoms with E-state index >= 15 is 0 Å². The van der Waals surface area contributed by atoms with Gasteiger partial charge in [-0.25, -0.2) is 14.2 Å². The number of fused-ring (bicyclic) bond motifs is 1. The molecule has 1 aliphatic rings. The predicted octanol–water partition coefficient (Wildman–Crippen LogP) is 4.36. The molecule has 0 radical (unpaired) electrons. The number of hydrogen-bond donors (Lipinski definition) is 0. The molecule has 1 aliphatic carbocycles. The van der Waals surface area contributed by atoms with Gasteiger partial charge >= 0.3 is 0 Å². The molecule has 3 heterocycles. The molecule has 1 saturated carbocycles. The SMILES string of the molecule is CS(C)(=O)=Nc1cccc(-n2c(C3CC3)c(Cl)c3cnc(Cl)nc32)n1. The van der Waals surface area contributed by atoms with Gasteiger partial charge in [-0.1, -0.05) is 17.7 Å². The van der Waals surface area contributed by atoms with Gasteiger partial charge in [0.25, 0.3) is 0 Å². The van der Waals surface area contributed by atoms with Crippen LogP contribution in [0.25, 0.3) is 16.9 Å². The summed E-state index contributed by atoms with van der Waals surface area (Å²) in [7, 11) is -2.30. The van der Waals surface area contributed by atoms with Crippen molar-refractivity contribution >= 4 is 49.8 Å². The minimum absolute atomic E-state index is 0.149. The van der Waals surface area contributed by atoms with Gasteiger partial charge in [-0.05, 0) is 36.6 Å². The van der Waals surface area contributed by atoms with E-state index in [0.29, 0.717) is 28.2 Å². The van der Waals surface area contributed by atoms with Crippen LogP contribution in [-0.4, -0.2) is 36.2 Å². The summed E-state index contributed by atoms with van der Waals surface area (Å²) < 4.78 is 18.1. The van der Waals surface area contributed by atoms with Crippen molar-refractivity contribution in [2.45, 2.75) is 18.8 Å².